The Labute approximate surface area is 136 Å². The lowest BCUT2D eigenvalue weighted by atomic mass is 9.70. The zero-order valence-electron chi connectivity index (χ0n) is 13.8. The molecule has 0 N–H and O–H groups in total. The average Bonchev–Trinajstić information content (AvgIpc) is 2.53. The van der Waals surface area contributed by atoms with Crippen LogP contribution < -0.4 is 0 Å². The van der Waals surface area contributed by atoms with Gasteiger partial charge in [-0.1, -0.05) is 94.3 Å². The molecule has 22 heavy (non-hydrogen) atoms. The fourth-order valence-electron chi connectivity index (χ4n) is 3.05. The first-order valence-electron chi connectivity index (χ1n) is 7.98. The standard InChI is InChI=1S/C22H28/c1-6-11-12-15-19(10-5)22-17-18(9-4)16-20(13-7-2)21(22)14-8-3/h6-8,10-15,18,22H,1-3,5,9,16-17H2,4H3/b12-11-,19-15+,20-13-,21-14+. The van der Waals surface area contributed by atoms with Gasteiger partial charge in [0.1, 0.15) is 0 Å². The summed E-state index contributed by atoms with van der Waals surface area (Å²) in [5, 5.41) is 0. The molecule has 1 aliphatic rings. The molecule has 2 unspecified atom stereocenters. The highest BCUT2D eigenvalue weighted by Crippen LogP contribution is 2.42. The molecule has 0 aromatic heterocycles. The topological polar surface area (TPSA) is 0 Å². The first kappa shape index (κ1) is 18.0. The second-order valence-corrected chi connectivity index (χ2v) is 5.54. The Balaban J connectivity index is 3.30. The summed E-state index contributed by atoms with van der Waals surface area (Å²) in [5.41, 5.74) is 3.97. The van der Waals surface area contributed by atoms with E-state index in [9.17, 15) is 0 Å². The molecule has 0 heteroatoms. The maximum Gasteiger partial charge on any atom is 0.00945 e. The Morgan fingerprint density at radius 1 is 1.05 bits per heavy atom. The molecule has 0 aromatic rings. The minimum atomic E-state index is 0.370. The van der Waals surface area contributed by atoms with E-state index < -0.39 is 0 Å². The van der Waals surface area contributed by atoms with Crippen LogP contribution in [-0.4, -0.2) is 0 Å². The molecule has 0 aromatic carbocycles. The van der Waals surface area contributed by atoms with Crippen LogP contribution in [0.25, 0.3) is 0 Å². The first-order valence-corrected chi connectivity index (χ1v) is 7.98. The van der Waals surface area contributed by atoms with Crippen LogP contribution in [0.15, 0.2) is 97.7 Å². The highest BCUT2D eigenvalue weighted by Gasteiger charge is 2.29. The first-order chi connectivity index (χ1) is 10.7. The summed E-state index contributed by atoms with van der Waals surface area (Å²) >= 11 is 0. The minimum Gasteiger partial charge on any atom is -0.0991 e. The van der Waals surface area contributed by atoms with E-state index in [1.54, 1.807) is 6.08 Å². The van der Waals surface area contributed by atoms with Crippen LogP contribution in [0, 0.1) is 11.8 Å². The summed E-state index contributed by atoms with van der Waals surface area (Å²) in [4.78, 5) is 0. The lowest BCUT2D eigenvalue weighted by Crippen LogP contribution is -2.21. The summed E-state index contributed by atoms with van der Waals surface area (Å²) in [6.45, 7) is 17.7. The van der Waals surface area contributed by atoms with Crippen molar-refractivity contribution in [3.05, 3.63) is 97.7 Å². The van der Waals surface area contributed by atoms with Crippen LogP contribution in [0.4, 0.5) is 0 Å². The van der Waals surface area contributed by atoms with Crippen molar-refractivity contribution >= 4 is 0 Å². The lowest BCUT2D eigenvalue weighted by Gasteiger charge is -2.34. The Kier molecular flexibility index (Phi) is 7.99. The van der Waals surface area contributed by atoms with Crippen LogP contribution in [0.3, 0.4) is 0 Å². The second-order valence-electron chi connectivity index (χ2n) is 5.54. The summed E-state index contributed by atoms with van der Waals surface area (Å²) in [6.07, 6.45) is 21.4. The van der Waals surface area contributed by atoms with Crippen LogP contribution in [0.5, 0.6) is 0 Å². The van der Waals surface area contributed by atoms with Gasteiger partial charge in [0.2, 0.25) is 0 Å². The zero-order valence-corrected chi connectivity index (χ0v) is 13.8. The van der Waals surface area contributed by atoms with Crippen molar-refractivity contribution in [2.45, 2.75) is 26.2 Å². The molecule has 0 radical (unpaired) electrons. The second kappa shape index (κ2) is 9.78. The molecule has 0 amide bonds. The van der Waals surface area contributed by atoms with E-state index in [0.717, 1.165) is 12.8 Å². The van der Waals surface area contributed by atoms with E-state index in [2.05, 4.69) is 51.5 Å². The van der Waals surface area contributed by atoms with Crippen molar-refractivity contribution in [3.63, 3.8) is 0 Å². The third-order valence-electron chi connectivity index (χ3n) is 4.19. The van der Waals surface area contributed by atoms with Crippen molar-refractivity contribution in [1.29, 1.82) is 0 Å². The molecule has 0 heterocycles. The minimum absolute atomic E-state index is 0.370. The predicted octanol–water partition coefficient (Wildman–Crippen LogP) is 6.50. The van der Waals surface area contributed by atoms with Gasteiger partial charge in [-0.05, 0) is 35.5 Å². The fraction of sp³-hybridized carbons (Fsp3) is 0.273. The smallest absolute Gasteiger partial charge is 0.00945 e. The van der Waals surface area contributed by atoms with Crippen LogP contribution in [-0.2, 0) is 0 Å². The largest absolute Gasteiger partial charge is 0.0991 e. The van der Waals surface area contributed by atoms with Gasteiger partial charge in [-0.25, -0.2) is 0 Å². The molecule has 0 nitrogen and oxygen atoms in total. The molecule has 0 bridgehead atoms. The molecule has 116 valence electrons. The molecule has 1 saturated carbocycles. The molecular weight excluding hydrogens is 264 g/mol. The van der Waals surface area contributed by atoms with Gasteiger partial charge in [-0.15, -0.1) is 0 Å². The van der Waals surface area contributed by atoms with Gasteiger partial charge in [0, 0.05) is 5.92 Å². The molecular formula is C22H28. The van der Waals surface area contributed by atoms with Crippen molar-refractivity contribution < 1.29 is 0 Å². The predicted molar refractivity (Wildman–Crippen MR) is 101 cm³/mol. The monoisotopic (exact) mass is 292 g/mol. The molecule has 0 aliphatic heterocycles. The van der Waals surface area contributed by atoms with Gasteiger partial charge in [-0.2, -0.15) is 0 Å². The van der Waals surface area contributed by atoms with Crippen molar-refractivity contribution in [1.82, 2.24) is 0 Å². The number of hydrogen-bond donors (Lipinski definition) is 0. The fourth-order valence-corrected chi connectivity index (χ4v) is 3.05. The molecule has 2 atom stereocenters. The third-order valence-corrected chi connectivity index (χ3v) is 4.19. The normalized spacial score (nSPS) is 26.3. The van der Waals surface area contributed by atoms with Gasteiger partial charge >= 0.3 is 0 Å². The Bertz CT molecular complexity index is 534. The van der Waals surface area contributed by atoms with Gasteiger partial charge < -0.3 is 0 Å². The Hall–Kier alpha value is -2.08. The maximum atomic E-state index is 4.01. The van der Waals surface area contributed by atoms with E-state index in [0.29, 0.717) is 11.8 Å². The van der Waals surface area contributed by atoms with Crippen LogP contribution >= 0.6 is 0 Å². The molecule has 1 fully saturated rings. The highest BCUT2D eigenvalue weighted by molar-refractivity contribution is 5.46. The quantitative estimate of drug-likeness (QED) is 0.470. The van der Waals surface area contributed by atoms with E-state index in [4.69, 9.17) is 0 Å². The summed E-state index contributed by atoms with van der Waals surface area (Å²) in [6, 6.07) is 0. The van der Waals surface area contributed by atoms with Crippen molar-refractivity contribution in [2.75, 3.05) is 0 Å². The summed E-state index contributed by atoms with van der Waals surface area (Å²) in [5.74, 6) is 1.07. The van der Waals surface area contributed by atoms with Gasteiger partial charge in [-0.3, -0.25) is 0 Å². The van der Waals surface area contributed by atoms with Gasteiger partial charge in [0.25, 0.3) is 0 Å². The number of hydrogen-bond acceptors (Lipinski definition) is 0. The molecule has 0 spiro atoms. The average molecular weight is 292 g/mol. The van der Waals surface area contributed by atoms with E-state index in [1.807, 2.05) is 30.4 Å². The number of allylic oxidation sites excluding steroid dienone is 12. The SMILES string of the molecule is C=C/C=C\C=C(/C=C)C1CC(CC)CC(=C/C=C)/C1=C\C=C. The van der Waals surface area contributed by atoms with Crippen molar-refractivity contribution in [3.8, 4) is 0 Å². The van der Waals surface area contributed by atoms with Crippen LogP contribution in [0.2, 0.25) is 0 Å². The zero-order chi connectivity index (χ0) is 16.4. The summed E-state index contributed by atoms with van der Waals surface area (Å²) in [7, 11) is 0. The molecule has 1 aliphatic carbocycles. The van der Waals surface area contributed by atoms with E-state index >= 15 is 0 Å². The van der Waals surface area contributed by atoms with Crippen molar-refractivity contribution in [2.24, 2.45) is 11.8 Å². The molecule has 1 rings (SSSR count). The van der Waals surface area contributed by atoms with Gasteiger partial charge in [0.05, 0.1) is 0 Å². The van der Waals surface area contributed by atoms with Crippen LogP contribution in [0.1, 0.15) is 26.2 Å². The van der Waals surface area contributed by atoms with E-state index in [1.165, 1.54) is 23.1 Å². The summed E-state index contributed by atoms with van der Waals surface area (Å²) < 4.78 is 0. The van der Waals surface area contributed by atoms with Gasteiger partial charge in [0.15, 0.2) is 0 Å². The third kappa shape index (κ3) is 4.73. The lowest BCUT2D eigenvalue weighted by molar-refractivity contribution is 0.392. The Morgan fingerprint density at radius 2 is 1.77 bits per heavy atom. The molecule has 0 saturated heterocycles. The number of rotatable bonds is 7. The van der Waals surface area contributed by atoms with E-state index in [-0.39, 0.29) is 0 Å². The highest BCUT2D eigenvalue weighted by atomic mass is 14.3. The maximum absolute atomic E-state index is 4.01. The Morgan fingerprint density at radius 3 is 2.32 bits per heavy atom.